The van der Waals surface area contributed by atoms with Gasteiger partial charge in [0, 0.05) is 44.1 Å². The van der Waals surface area contributed by atoms with Crippen molar-refractivity contribution in [3.63, 3.8) is 0 Å². The van der Waals surface area contributed by atoms with Gasteiger partial charge in [0.1, 0.15) is 11.9 Å². The zero-order chi connectivity index (χ0) is 17.1. The average molecular weight is 339 g/mol. The highest BCUT2D eigenvalue weighted by molar-refractivity contribution is 5.96. The van der Waals surface area contributed by atoms with Gasteiger partial charge in [-0.2, -0.15) is 0 Å². The number of hydrogen-bond donors (Lipinski definition) is 1. The Labute approximate surface area is 146 Å². The first kappa shape index (κ1) is 16.0. The topological polar surface area (TPSA) is 73.3 Å². The van der Waals surface area contributed by atoms with Crippen LogP contribution in [0.4, 0.5) is 0 Å². The minimum absolute atomic E-state index is 0.0401. The molecule has 1 saturated heterocycles. The SMILES string of the molecule is O=C1NCCc2nc(Cc3ncccc3OC3CCOCC3)ccc21. The minimum Gasteiger partial charge on any atom is -0.488 e. The van der Waals surface area contributed by atoms with E-state index < -0.39 is 0 Å². The van der Waals surface area contributed by atoms with Crippen molar-refractivity contribution in [2.75, 3.05) is 19.8 Å². The molecule has 0 unspecified atom stereocenters. The molecule has 0 radical (unpaired) electrons. The number of carbonyl (C=O) groups is 1. The van der Waals surface area contributed by atoms with Gasteiger partial charge in [-0.25, -0.2) is 0 Å². The maximum Gasteiger partial charge on any atom is 0.253 e. The third kappa shape index (κ3) is 3.64. The van der Waals surface area contributed by atoms with E-state index in [1.54, 1.807) is 6.20 Å². The van der Waals surface area contributed by atoms with Crippen molar-refractivity contribution < 1.29 is 14.3 Å². The summed E-state index contributed by atoms with van der Waals surface area (Å²) in [5, 5.41) is 2.84. The van der Waals surface area contributed by atoms with Crippen LogP contribution in [0.5, 0.6) is 5.75 Å². The molecule has 1 N–H and O–H groups in total. The molecule has 2 aromatic rings. The average Bonchev–Trinajstić information content (AvgIpc) is 2.64. The maximum absolute atomic E-state index is 11.8. The predicted octanol–water partition coefficient (Wildman–Crippen LogP) is 1.91. The fraction of sp³-hybridized carbons (Fsp3) is 0.421. The smallest absolute Gasteiger partial charge is 0.253 e. The van der Waals surface area contributed by atoms with Gasteiger partial charge < -0.3 is 14.8 Å². The van der Waals surface area contributed by atoms with Crippen molar-refractivity contribution in [2.24, 2.45) is 0 Å². The van der Waals surface area contributed by atoms with Crippen LogP contribution in [-0.4, -0.2) is 41.7 Å². The lowest BCUT2D eigenvalue weighted by atomic mass is 10.0. The lowest BCUT2D eigenvalue weighted by Gasteiger charge is -2.24. The van der Waals surface area contributed by atoms with Gasteiger partial charge in [0.25, 0.3) is 5.91 Å². The Morgan fingerprint density at radius 1 is 1.24 bits per heavy atom. The zero-order valence-corrected chi connectivity index (χ0v) is 14.0. The third-order valence-corrected chi connectivity index (χ3v) is 4.58. The fourth-order valence-electron chi connectivity index (χ4n) is 3.24. The molecule has 6 nitrogen and oxygen atoms in total. The van der Waals surface area contributed by atoms with E-state index in [1.165, 1.54) is 0 Å². The number of rotatable bonds is 4. The lowest BCUT2D eigenvalue weighted by Crippen LogP contribution is -2.32. The van der Waals surface area contributed by atoms with Crippen LogP contribution in [0.2, 0.25) is 0 Å². The highest BCUT2D eigenvalue weighted by Crippen LogP contribution is 2.23. The first-order valence-corrected chi connectivity index (χ1v) is 8.75. The Hall–Kier alpha value is -2.47. The Kier molecular flexibility index (Phi) is 4.61. The van der Waals surface area contributed by atoms with Gasteiger partial charge in [-0.3, -0.25) is 14.8 Å². The van der Waals surface area contributed by atoms with E-state index in [9.17, 15) is 4.79 Å². The van der Waals surface area contributed by atoms with Crippen LogP contribution in [0, 0.1) is 0 Å². The summed E-state index contributed by atoms with van der Waals surface area (Å²) in [6.45, 7) is 2.13. The quantitative estimate of drug-likeness (QED) is 0.921. The van der Waals surface area contributed by atoms with Crippen LogP contribution >= 0.6 is 0 Å². The molecule has 130 valence electrons. The van der Waals surface area contributed by atoms with E-state index in [-0.39, 0.29) is 12.0 Å². The molecule has 1 fully saturated rings. The van der Waals surface area contributed by atoms with Crippen LogP contribution in [0.3, 0.4) is 0 Å². The highest BCUT2D eigenvalue weighted by Gasteiger charge is 2.20. The zero-order valence-electron chi connectivity index (χ0n) is 14.0. The lowest BCUT2D eigenvalue weighted by molar-refractivity contribution is 0.0250. The number of nitrogens with one attached hydrogen (secondary N) is 1. The standard InChI is InChI=1S/C19H21N3O3/c23-19-15-4-3-13(22-16(15)5-9-21-19)12-17-18(2-1-8-20-17)25-14-6-10-24-11-7-14/h1-4,8,14H,5-7,9-12H2,(H,21,23). The van der Waals surface area contributed by atoms with Crippen LogP contribution in [0.15, 0.2) is 30.5 Å². The van der Waals surface area contributed by atoms with Crippen molar-refractivity contribution >= 4 is 5.91 Å². The van der Waals surface area contributed by atoms with Crippen molar-refractivity contribution in [3.8, 4) is 5.75 Å². The number of fused-ring (bicyclic) bond motifs is 1. The van der Waals surface area contributed by atoms with E-state index in [4.69, 9.17) is 9.47 Å². The summed E-state index contributed by atoms with van der Waals surface area (Å²) in [6.07, 6.45) is 5.12. The summed E-state index contributed by atoms with van der Waals surface area (Å²) in [5.74, 6) is 0.772. The van der Waals surface area contributed by atoms with E-state index >= 15 is 0 Å². The molecule has 0 spiro atoms. The third-order valence-electron chi connectivity index (χ3n) is 4.58. The van der Waals surface area contributed by atoms with E-state index in [0.717, 1.165) is 55.3 Å². The molecular weight excluding hydrogens is 318 g/mol. The van der Waals surface area contributed by atoms with Crippen LogP contribution < -0.4 is 10.1 Å². The number of amides is 1. The van der Waals surface area contributed by atoms with Gasteiger partial charge in [0.15, 0.2) is 0 Å². The van der Waals surface area contributed by atoms with Gasteiger partial charge >= 0.3 is 0 Å². The number of nitrogens with zero attached hydrogens (tertiary/aromatic N) is 2. The van der Waals surface area contributed by atoms with Gasteiger partial charge in [-0.05, 0) is 24.3 Å². The molecule has 0 aliphatic carbocycles. The van der Waals surface area contributed by atoms with Gasteiger partial charge in [-0.1, -0.05) is 0 Å². The largest absolute Gasteiger partial charge is 0.488 e. The Bertz CT molecular complexity index is 772. The van der Waals surface area contributed by atoms with Gasteiger partial charge in [0.2, 0.25) is 0 Å². The van der Waals surface area contributed by atoms with E-state index in [2.05, 4.69) is 15.3 Å². The van der Waals surface area contributed by atoms with Crippen molar-refractivity contribution in [2.45, 2.75) is 31.8 Å². The van der Waals surface area contributed by atoms with E-state index in [0.29, 0.717) is 18.5 Å². The molecule has 2 aromatic heterocycles. The number of pyridine rings is 2. The second-order valence-electron chi connectivity index (χ2n) is 6.36. The molecular formula is C19H21N3O3. The summed E-state index contributed by atoms with van der Waals surface area (Å²) < 4.78 is 11.5. The normalized spacial score (nSPS) is 17.7. The first-order chi connectivity index (χ1) is 12.3. The molecule has 6 heteroatoms. The maximum atomic E-state index is 11.8. The number of ether oxygens (including phenoxy) is 2. The van der Waals surface area contributed by atoms with Crippen LogP contribution in [0.1, 0.15) is 40.3 Å². The Morgan fingerprint density at radius 2 is 2.12 bits per heavy atom. The summed E-state index contributed by atoms with van der Waals surface area (Å²) in [4.78, 5) is 21.0. The summed E-state index contributed by atoms with van der Waals surface area (Å²) in [7, 11) is 0. The molecule has 4 rings (SSSR count). The summed E-state index contributed by atoms with van der Waals surface area (Å²) in [6, 6.07) is 7.61. The molecule has 4 heterocycles. The Balaban J connectivity index is 1.53. The molecule has 1 amide bonds. The number of aromatic nitrogens is 2. The monoisotopic (exact) mass is 339 g/mol. The molecule has 2 aliphatic rings. The highest BCUT2D eigenvalue weighted by atomic mass is 16.5. The first-order valence-electron chi connectivity index (χ1n) is 8.75. The molecule has 0 bridgehead atoms. The van der Waals surface area contributed by atoms with Crippen molar-refractivity contribution in [1.82, 2.24) is 15.3 Å². The van der Waals surface area contributed by atoms with Crippen molar-refractivity contribution in [1.29, 1.82) is 0 Å². The number of hydrogen-bond acceptors (Lipinski definition) is 5. The number of carbonyl (C=O) groups excluding carboxylic acids is 1. The minimum atomic E-state index is -0.0401. The Morgan fingerprint density at radius 3 is 3.00 bits per heavy atom. The van der Waals surface area contributed by atoms with Crippen LogP contribution in [0.25, 0.3) is 0 Å². The van der Waals surface area contributed by atoms with E-state index in [1.807, 2.05) is 24.3 Å². The van der Waals surface area contributed by atoms with Crippen LogP contribution in [-0.2, 0) is 17.6 Å². The molecule has 0 saturated carbocycles. The summed E-state index contributed by atoms with van der Waals surface area (Å²) in [5.41, 5.74) is 3.32. The molecule has 0 aromatic carbocycles. The molecule has 0 atom stereocenters. The summed E-state index contributed by atoms with van der Waals surface area (Å²) >= 11 is 0. The second kappa shape index (κ2) is 7.19. The van der Waals surface area contributed by atoms with Crippen molar-refractivity contribution in [3.05, 3.63) is 53.1 Å². The predicted molar refractivity (Wildman–Crippen MR) is 91.8 cm³/mol. The van der Waals surface area contributed by atoms with Gasteiger partial charge in [0.05, 0.1) is 30.2 Å². The fourth-order valence-corrected chi connectivity index (χ4v) is 3.24. The molecule has 2 aliphatic heterocycles. The van der Waals surface area contributed by atoms with Gasteiger partial charge in [-0.15, -0.1) is 0 Å². The molecule has 25 heavy (non-hydrogen) atoms. The second-order valence-corrected chi connectivity index (χ2v) is 6.36.